The van der Waals surface area contributed by atoms with E-state index in [0.29, 0.717) is 0 Å². The minimum Gasteiger partial charge on any atom is -0.398 e. The molecule has 0 atom stereocenters. The molecule has 4 N–H and O–H groups in total. The predicted molar refractivity (Wildman–Crippen MR) is 83.3 cm³/mol. The Morgan fingerprint density at radius 3 is 2.05 bits per heavy atom. The molecule has 0 unspecified atom stereocenters. The van der Waals surface area contributed by atoms with Crippen molar-refractivity contribution < 1.29 is 0 Å². The van der Waals surface area contributed by atoms with Crippen LogP contribution in [0, 0.1) is 0 Å². The van der Waals surface area contributed by atoms with Gasteiger partial charge in [-0.25, -0.2) is 0 Å². The number of benzene rings is 3. The van der Waals surface area contributed by atoms with Gasteiger partial charge >= 0.3 is 0 Å². The first kappa shape index (κ1) is 11.9. The van der Waals surface area contributed by atoms with Crippen LogP contribution in [0.4, 0.5) is 11.4 Å². The van der Waals surface area contributed by atoms with Gasteiger partial charge in [0.1, 0.15) is 0 Å². The van der Waals surface area contributed by atoms with Gasteiger partial charge in [-0.05, 0) is 29.7 Å². The summed E-state index contributed by atoms with van der Waals surface area (Å²) in [5.41, 5.74) is 13.7. The number of fused-ring (bicyclic) bond motifs is 1. The third kappa shape index (κ3) is 2.25. The van der Waals surface area contributed by atoms with Gasteiger partial charge in [0, 0.05) is 26.6 Å². The van der Waals surface area contributed by atoms with E-state index < -0.39 is 0 Å². The Balaban J connectivity index is 2.14. The van der Waals surface area contributed by atoms with E-state index in [9.17, 15) is 0 Å². The van der Waals surface area contributed by atoms with Crippen molar-refractivity contribution in [3.05, 3.63) is 60.7 Å². The fourth-order valence-corrected chi connectivity index (χ4v) is 3.17. The number of para-hydroxylation sites is 1. The van der Waals surface area contributed by atoms with Crippen LogP contribution in [-0.2, 0) is 0 Å². The van der Waals surface area contributed by atoms with Crippen LogP contribution >= 0.6 is 11.8 Å². The highest BCUT2D eigenvalue weighted by Gasteiger charge is 2.07. The maximum Gasteiger partial charge on any atom is 0.0455 e. The van der Waals surface area contributed by atoms with Crippen LogP contribution in [0.2, 0.25) is 0 Å². The van der Waals surface area contributed by atoms with Gasteiger partial charge in [0.15, 0.2) is 0 Å². The summed E-state index contributed by atoms with van der Waals surface area (Å²) in [5, 5.41) is 2.25. The summed E-state index contributed by atoms with van der Waals surface area (Å²) in [7, 11) is 0. The number of nitrogens with two attached hydrogens (primary N) is 2. The van der Waals surface area contributed by atoms with Crippen LogP contribution in [0.5, 0.6) is 0 Å². The number of anilines is 2. The molecular weight excluding hydrogens is 252 g/mol. The Morgan fingerprint density at radius 1 is 0.632 bits per heavy atom. The predicted octanol–water partition coefficient (Wildman–Crippen LogP) is 4.16. The van der Waals surface area contributed by atoms with Crippen molar-refractivity contribution in [1.82, 2.24) is 0 Å². The minimum atomic E-state index is 0.791. The molecule has 0 aromatic heterocycles. The lowest BCUT2D eigenvalue weighted by molar-refractivity contribution is 1.44. The normalized spacial score (nSPS) is 10.7. The first-order chi connectivity index (χ1) is 9.25. The van der Waals surface area contributed by atoms with Crippen LogP contribution in [-0.4, -0.2) is 0 Å². The van der Waals surface area contributed by atoms with E-state index in [1.54, 1.807) is 11.8 Å². The molecular formula is C16H14N2S. The zero-order chi connectivity index (χ0) is 13.2. The highest BCUT2D eigenvalue weighted by molar-refractivity contribution is 7.99. The van der Waals surface area contributed by atoms with E-state index in [2.05, 4.69) is 18.2 Å². The van der Waals surface area contributed by atoms with E-state index in [1.165, 1.54) is 0 Å². The molecule has 0 aliphatic rings. The number of hydrogen-bond acceptors (Lipinski definition) is 3. The van der Waals surface area contributed by atoms with Crippen molar-refractivity contribution in [1.29, 1.82) is 0 Å². The Bertz CT molecular complexity index is 732. The monoisotopic (exact) mass is 266 g/mol. The molecule has 3 rings (SSSR count). The molecule has 3 heteroatoms. The van der Waals surface area contributed by atoms with Gasteiger partial charge < -0.3 is 11.5 Å². The molecule has 0 saturated heterocycles. The largest absolute Gasteiger partial charge is 0.398 e. The van der Waals surface area contributed by atoms with E-state index in [4.69, 9.17) is 11.5 Å². The van der Waals surface area contributed by atoms with Gasteiger partial charge in [0.05, 0.1) is 0 Å². The lowest BCUT2D eigenvalue weighted by Gasteiger charge is -2.10. The topological polar surface area (TPSA) is 52.0 Å². The lowest BCUT2D eigenvalue weighted by Crippen LogP contribution is -1.90. The molecule has 3 aromatic rings. The zero-order valence-electron chi connectivity index (χ0n) is 10.3. The molecule has 0 bridgehead atoms. The Hall–Kier alpha value is -2.13. The van der Waals surface area contributed by atoms with Gasteiger partial charge in [-0.15, -0.1) is 0 Å². The fraction of sp³-hybridized carbons (Fsp3) is 0. The third-order valence-electron chi connectivity index (χ3n) is 3.04. The Kier molecular flexibility index (Phi) is 3.05. The molecule has 0 spiro atoms. The Labute approximate surface area is 116 Å². The molecule has 3 aromatic carbocycles. The van der Waals surface area contributed by atoms with Crippen molar-refractivity contribution in [2.45, 2.75) is 9.79 Å². The van der Waals surface area contributed by atoms with E-state index in [0.717, 1.165) is 31.9 Å². The number of rotatable bonds is 2. The van der Waals surface area contributed by atoms with Gasteiger partial charge in [-0.1, -0.05) is 48.2 Å². The quantitative estimate of drug-likeness (QED) is 0.685. The zero-order valence-corrected chi connectivity index (χ0v) is 11.2. The SMILES string of the molecule is Nc1ccccc1Sc1cccc2cccc(N)c12. The van der Waals surface area contributed by atoms with Gasteiger partial charge in [-0.3, -0.25) is 0 Å². The second-order valence-corrected chi connectivity index (χ2v) is 5.43. The van der Waals surface area contributed by atoms with E-state index in [1.807, 2.05) is 42.5 Å². The first-order valence-electron chi connectivity index (χ1n) is 6.05. The molecule has 0 amide bonds. The van der Waals surface area contributed by atoms with Crippen LogP contribution in [0.25, 0.3) is 10.8 Å². The maximum absolute atomic E-state index is 6.10. The summed E-state index contributed by atoms with van der Waals surface area (Å²) < 4.78 is 0. The summed E-state index contributed by atoms with van der Waals surface area (Å²) in [6.07, 6.45) is 0. The van der Waals surface area contributed by atoms with Crippen LogP contribution < -0.4 is 11.5 Å². The highest BCUT2D eigenvalue weighted by Crippen LogP contribution is 2.38. The maximum atomic E-state index is 6.10. The minimum absolute atomic E-state index is 0.791. The van der Waals surface area contributed by atoms with Gasteiger partial charge in [-0.2, -0.15) is 0 Å². The van der Waals surface area contributed by atoms with Gasteiger partial charge in [0.25, 0.3) is 0 Å². The first-order valence-corrected chi connectivity index (χ1v) is 6.87. The second-order valence-electron chi connectivity index (χ2n) is 4.34. The van der Waals surface area contributed by atoms with Crippen molar-refractivity contribution in [2.75, 3.05) is 11.5 Å². The third-order valence-corrected chi connectivity index (χ3v) is 4.19. The smallest absolute Gasteiger partial charge is 0.0455 e. The van der Waals surface area contributed by atoms with Crippen molar-refractivity contribution in [2.24, 2.45) is 0 Å². The van der Waals surface area contributed by atoms with Crippen LogP contribution in [0.15, 0.2) is 70.5 Å². The summed E-state index contributed by atoms with van der Waals surface area (Å²) in [6.45, 7) is 0. The average molecular weight is 266 g/mol. The summed E-state index contributed by atoms with van der Waals surface area (Å²) >= 11 is 1.65. The molecule has 19 heavy (non-hydrogen) atoms. The van der Waals surface area contributed by atoms with Crippen LogP contribution in [0.3, 0.4) is 0 Å². The number of hydrogen-bond donors (Lipinski definition) is 2. The van der Waals surface area contributed by atoms with Crippen LogP contribution in [0.1, 0.15) is 0 Å². The molecule has 94 valence electrons. The highest BCUT2D eigenvalue weighted by atomic mass is 32.2. The Morgan fingerprint density at radius 2 is 1.26 bits per heavy atom. The van der Waals surface area contributed by atoms with E-state index in [-0.39, 0.29) is 0 Å². The van der Waals surface area contributed by atoms with Crippen molar-refractivity contribution in [3.63, 3.8) is 0 Å². The van der Waals surface area contributed by atoms with Gasteiger partial charge in [0.2, 0.25) is 0 Å². The molecule has 0 fully saturated rings. The molecule has 0 radical (unpaired) electrons. The standard InChI is InChI=1S/C16H14N2S/c17-12-7-1-2-9-14(12)19-15-10-4-6-11-5-3-8-13(18)16(11)15/h1-10H,17-18H2. The second kappa shape index (κ2) is 4.86. The number of nitrogen functional groups attached to an aromatic ring is 2. The molecule has 0 aliphatic carbocycles. The lowest BCUT2D eigenvalue weighted by atomic mass is 10.1. The molecule has 0 saturated carbocycles. The van der Waals surface area contributed by atoms with E-state index >= 15 is 0 Å². The summed E-state index contributed by atoms with van der Waals surface area (Å²) in [4.78, 5) is 2.19. The molecule has 0 heterocycles. The van der Waals surface area contributed by atoms with Crippen molar-refractivity contribution >= 4 is 33.9 Å². The summed E-state index contributed by atoms with van der Waals surface area (Å²) in [5.74, 6) is 0. The van der Waals surface area contributed by atoms with Crippen molar-refractivity contribution in [3.8, 4) is 0 Å². The average Bonchev–Trinajstić information content (AvgIpc) is 2.42. The molecule has 2 nitrogen and oxygen atoms in total. The molecule has 0 aliphatic heterocycles. The fourth-order valence-electron chi connectivity index (χ4n) is 2.11. The summed E-state index contributed by atoms with van der Waals surface area (Å²) in [6, 6.07) is 20.1.